The monoisotopic (exact) mass is 245 g/mol. The quantitative estimate of drug-likeness (QED) is 0.635. The molecule has 0 heterocycles. The first kappa shape index (κ1) is 12.4. The molecule has 17 heavy (non-hydrogen) atoms. The normalized spacial score (nSPS) is 16.2. The van der Waals surface area contributed by atoms with Crippen molar-refractivity contribution >= 4 is 0 Å². The van der Waals surface area contributed by atoms with Crippen molar-refractivity contribution in [2.45, 2.75) is 31.5 Å². The van der Waals surface area contributed by atoms with E-state index in [2.05, 4.69) is 16.4 Å². The summed E-state index contributed by atoms with van der Waals surface area (Å²) in [5.74, 6) is 0.644. The second-order valence-electron chi connectivity index (χ2n) is 4.24. The van der Waals surface area contributed by atoms with Gasteiger partial charge in [0.15, 0.2) is 6.61 Å². The van der Waals surface area contributed by atoms with Gasteiger partial charge in [-0.15, -0.1) is 0 Å². The Kier molecular flexibility index (Phi) is 3.69. The lowest BCUT2D eigenvalue weighted by Gasteiger charge is -2.09. The van der Waals surface area contributed by atoms with Crippen LogP contribution in [0.25, 0.3) is 0 Å². The Morgan fingerprint density at radius 1 is 1.29 bits per heavy atom. The molecule has 0 radical (unpaired) electrons. The Hall–Kier alpha value is -1.07. The molecule has 2 rings (SSSR count). The number of hydrogen-bond acceptors (Lipinski definition) is 2. The van der Waals surface area contributed by atoms with E-state index < -0.39 is 12.8 Å². The fourth-order valence-electron chi connectivity index (χ4n) is 1.64. The first-order chi connectivity index (χ1) is 8.04. The van der Waals surface area contributed by atoms with E-state index in [0.29, 0.717) is 5.92 Å². The molecule has 0 aliphatic heterocycles. The maximum absolute atomic E-state index is 11.8. The predicted molar refractivity (Wildman–Crippen MR) is 57.3 cm³/mol. The summed E-state index contributed by atoms with van der Waals surface area (Å²) >= 11 is 0. The lowest BCUT2D eigenvalue weighted by Crippen LogP contribution is -2.24. The van der Waals surface area contributed by atoms with Crippen molar-refractivity contribution in [1.29, 1.82) is 0 Å². The lowest BCUT2D eigenvalue weighted by molar-refractivity contribution is -0.190. The Labute approximate surface area is 97.7 Å². The molecule has 1 N–H and O–H groups in total. The van der Waals surface area contributed by atoms with Gasteiger partial charge >= 0.3 is 6.18 Å². The van der Waals surface area contributed by atoms with E-state index in [-0.39, 0.29) is 6.54 Å². The molecule has 1 aromatic rings. The van der Waals surface area contributed by atoms with Crippen LogP contribution >= 0.6 is 0 Å². The van der Waals surface area contributed by atoms with Gasteiger partial charge in [-0.05, 0) is 29.9 Å². The van der Waals surface area contributed by atoms with Crippen LogP contribution in [0.1, 0.15) is 29.9 Å². The van der Waals surface area contributed by atoms with E-state index in [0.717, 1.165) is 5.56 Å². The molecular weight excluding hydrogens is 231 g/mol. The Morgan fingerprint density at radius 3 is 2.71 bits per heavy atom. The van der Waals surface area contributed by atoms with Crippen LogP contribution in [0.2, 0.25) is 0 Å². The summed E-state index contributed by atoms with van der Waals surface area (Å²) in [5, 5.41) is 0. The van der Waals surface area contributed by atoms with Crippen LogP contribution in [0.5, 0.6) is 0 Å². The molecule has 1 saturated carbocycles. The zero-order chi connectivity index (χ0) is 12.3. The third kappa shape index (κ3) is 4.36. The standard InChI is InChI=1S/C12H14F3NO/c13-12(14,15)8-17-16-7-9-2-1-3-11(6-9)10-4-5-10/h1-3,6,10,16H,4-5,7-8H2. The van der Waals surface area contributed by atoms with Gasteiger partial charge in [-0.3, -0.25) is 4.84 Å². The zero-order valence-corrected chi connectivity index (χ0v) is 9.26. The lowest BCUT2D eigenvalue weighted by atomic mass is 10.1. The van der Waals surface area contributed by atoms with Crippen LogP contribution in [-0.2, 0) is 11.4 Å². The van der Waals surface area contributed by atoms with Gasteiger partial charge in [-0.1, -0.05) is 24.3 Å². The van der Waals surface area contributed by atoms with E-state index in [1.54, 1.807) is 0 Å². The number of alkyl halides is 3. The topological polar surface area (TPSA) is 21.3 Å². The molecule has 2 nitrogen and oxygen atoms in total. The van der Waals surface area contributed by atoms with Gasteiger partial charge in [-0.2, -0.15) is 18.7 Å². The number of hydrogen-bond donors (Lipinski definition) is 1. The number of nitrogens with one attached hydrogen (secondary N) is 1. The number of benzene rings is 1. The second kappa shape index (κ2) is 5.06. The summed E-state index contributed by atoms with van der Waals surface area (Å²) in [6.07, 6.45) is -1.87. The van der Waals surface area contributed by atoms with Gasteiger partial charge in [0, 0.05) is 6.54 Å². The maximum Gasteiger partial charge on any atom is 0.413 e. The third-order valence-electron chi connectivity index (χ3n) is 2.61. The molecule has 0 unspecified atom stereocenters. The highest BCUT2D eigenvalue weighted by Crippen LogP contribution is 2.40. The van der Waals surface area contributed by atoms with Crippen molar-refractivity contribution < 1.29 is 18.0 Å². The van der Waals surface area contributed by atoms with Gasteiger partial charge in [0.1, 0.15) is 0 Å². The number of rotatable bonds is 5. The summed E-state index contributed by atoms with van der Waals surface area (Å²) in [5.41, 5.74) is 4.53. The van der Waals surface area contributed by atoms with Gasteiger partial charge in [0.25, 0.3) is 0 Å². The number of halogens is 3. The fourth-order valence-corrected chi connectivity index (χ4v) is 1.64. The molecule has 0 bridgehead atoms. The van der Waals surface area contributed by atoms with E-state index >= 15 is 0 Å². The molecule has 1 aliphatic carbocycles. The summed E-state index contributed by atoms with van der Waals surface area (Å²) < 4.78 is 35.4. The first-order valence-corrected chi connectivity index (χ1v) is 5.55. The highest BCUT2D eigenvalue weighted by atomic mass is 19.4. The summed E-state index contributed by atoms with van der Waals surface area (Å²) in [6.45, 7) is -0.980. The molecule has 5 heteroatoms. The average molecular weight is 245 g/mol. The molecule has 0 saturated heterocycles. The molecule has 1 fully saturated rings. The van der Waals surface area contributed by atoms with Crippen molar-refractivity contribution in [2.75, 3.05) is 6.61 Å². The zero-order valence-electron chi connectivity index (χ0n) is 9.26. The van der Waals surface area contributed by atoms with E-state index in [4.69, 9.17) is 0 Å². The average Bonchev–Trinajstić information content (AvgIpc) is 3.07. The van der Waals surface area contributed by atoms with Crippen molar-refractivity contribution in [3.63, 3.8) is 0 Å². The fraction of sp³-hybridized carbons (Fsp3) is 0.500. The van der Waals surface area contributed by atoms with Gasteiger partial charge in [0.05, 0.1) is 0 Å². The van der Waals surface area contributed by atoms with E-state index in [1.807, 2.05) is 18.2 Å². The van der Waals surface area contributed by atoms with Gasteiger partial charge < -0.3 is 0 Å². The second-order valence-corrected chi connectivity index (χ2v) is 4.24. The van der Waals surface area contributed by atoms with Crippen molar-refractivity contribution in [3.8, 4) is 0 Å². The molecule has 94 valence electrons. The molecule has 0 spiro atoms. The maximum atomic E-state index is 11.8. The van der Waals surface area contributed by atoms with Crippen molar-refractivity contribution in [2.24, 2.45) is 0 Å². The minimum atomic E-state index is -4.29. The summed E-state index contributed by atoms with van der Waals surface area (Å²) in [6, 6.07) is 7.86. The molecule has 0 aromatic heterocycles. The number of hydroxylamine groups is 1. The molecule has 1 aromatic carbocycles. The van der Waals surface area contributed by atoms with E-state index in [1.165, 1.54) is 18.4 Å². The Balaban J connectivity index is 1.76. The highest BCUT2D eigenvalue weighted by molar-refractivity contribution is 5.28. The minimum absolute atomic E-state index is 0.288. The Morgan fingerprint density at radius 2 is 2.06 bits per heavy atom. The highest BCUT2D eigenvalue weighted by Gasteiger charge is 2.27. The van der Waals surface area contributed by atoms with Crippen LogP contribution in [0.4, 0.5) is 13.2 Å². The minimum Gasteiger partial charge on any atom is -0.292 e. The molecular formula is C12H14F3NO. The summed E-state index contributed by atoms with van der Waals surface area (Å²) in [4.78, 5) is 4.34. The van der Waals surface area contributed by atoms with Crippen molar-refractivity contribution in [1.82, 2.24) is 5.48 Å². The van der Waals surface area contributed by atoms with Crippen molar-refractivity contribution in [3.05, 3.63) is 35.4 Å². The largest absolute Gasteiger partial charge is 0.413 e. The Bertz CT molecular complexity index is 374. The van der Waals surface area contributed by atoms with Crippen LogP contribution < -0.4 is 5.48 Å². The van der Waals surface area contributed by atoms with Crippen LogP contribution in [0, 0.1) is 0 Å². The molecule has 0 atom stereocenters. The van der Waals surface area contributed by atoms with E-state index in [9.17, 15) is 13.2 Å². The third-order valence-corrected chi connectivity index (χ3v) is 2.61. The van der Waals surface area contributed by atoms with Gasteiger partial charge in [-0.25, -0.2) is 0 Å². The van der Waals surface area contributed by atoms with Crippen LogP contribution in [-0.4, -0.2) is 12.8 Å². The molecule has 1 aliphatic rings. The van der Waals surface area contributed by atoms with Crippen LogP contribution in [0.3, 0.4) is 0 Å². The smallest absolute Gasteiger partial charge is 0.292 e. The predicted octanol–water partition coefficient (Wildman–Crippen LogP) is 3.15. The SMILES string of the molecule is FC(F)(F)CONCc1cccc(C2CC2)c1. The summed E-state index contributed by atoms with van der Waals surface area (Å²) in [7, 11) is 0. The van der Waals surface area contributed by atoms with Gasteiger partial charge in [0.2, 0.25) is 0 Å². The molecule has 0 amide bonds. The van der Waals surface area contributed by atoms with Crippen LogP contribution in [0.15, 0.2) is 24.3 Å². The first-order valence-electron chi connectivity index (χ1n) is 5.55.